The Kier molecular flexibility index (Phi) is 6.40. The SMILES string of the molecule is CCC(C)N(CCC(=O)Nc1c(C)cccc1C)C(C)=O. The minimum Gasteiger partial charge on any atom is -0.340 e. The van der Waals surface area contributed by atoms with Crippen molar-refractivity contribution in [3.63, 3.8) is 0 Å². The predicted octanol–water partition coefficient (Wildman–Crippen LogP) is 3.28. The number of aryl methyl sites for hydroxylation is 2. The van der Waals surface area contributed by atoms with Gasteiger partial charge in [0.25, 0.3) is 0 Å². The highest BCUT2D eigenvalue weighted by molar-refractivity contribution is 5.92. The molecule has 0 saturated carbocycles. The molecule has 0 heterocycles. The Morgan fingerprint density at radius 2 is 1.81 bits per heavy atom. The molecule has 4 nitrogen and oxygen atoms in total. The van der Waals surface area contributed by atoms with Crippen LogP contribution >= 0.6 is 0 Å². The van der Waals surface area contributed by atoms with Gasteiger partial charge in [0.2, 0.25) is 11.8 Å². The molecule has 0 aromatic heterocycles. The third-order valence-corrected chi connectivity index (χ3v) is 3.85. The summed E-state index contributed by atoms with van der Waals surface area (Å²) in [6, 6.07) is 6.09. The summed E-state index contributed by atoms with van der Waals surface area (Å²) in [5.74, 6) is -0.0359. The van der Waals surface area contributed by atoms with Crippen molar-refractivity contribution < 1.29 is 9.59 Å². The van der Waals surface area contributed by atoms with E-state index in [0.717, 1.165) is 23.2 Å². The monoisotopic (exact) mass is 290 g/mol. The molecule has 0 radical (unpaired) electrons. The number of amides is 2. The normalized spacial score (nSPS) is 11.9. The van der Waals surface area contributed by atoms with Gasteiger partial charge in [-0.3, -0.25) is 9.59 Å². The van der Waals surface area contributed by atoms with Crippen LogP contribution in [0.2, 0.25) is 0 Å². The quantitative estimate of drug-likeness (QED) is 0.874. The Balaban J connectivity index is 2.63. The van der Waals surface area contributed by atoms with Crippen LogP contribution in [-0.2, 0) is 9.59 Å². The fourth-order valence-corrected chi connectivity index (χ4v) is 2.34. The Morgan fingerprint density at radius 1 is 1.24 bits per heavy atom. The maximum atomic E-state index is 12.1. The van der Waals surface area contributed by atoms with Crippen LogP contribution in [-0.4, -0.2) is 29.3 Å². The summed E-state index contributed by atoms with van der Waals surface area (Å²) in [6.45, 7) is 10.0. The van der Waals surface area contributed by atoms with E-state index in [1.165, 1.54) is 0 Å². The molecule has 21 heavy (non-hydrogen) atoms. The van der Waals surface area contributed by atoms with E-state index in [1.54, 1.807) is 11.8 Å². The van der Waals surface area contributed by atoms with Crippen molar-refractivity contribution in [1.82, 2.24) is 4.90 Å². The molecule has 1 rings (SSSR count). The average molecular weight is 290 g/mol. The van der Waals surface area contributed by atoms with E-state index >= 15 is 0 Å². The van der Waals surface area contributed by atoms with E-state index in [0.29, 0.717) is 13.0 Å². The molecule has 4 heteroatoms. The molecule has 1 unspecified atom stereocenters. The van der Waals surface area contributed by atoms with Gasteiger partial charge in [0.1, 0.15) is 0 Å². The van der Waals surface area contributed by atoms with E-state index in [4.69, 9.17) is 0 Å². The van der Waals surface area contributed by atoms with Gasteiger partial charge >= 0.3 is 0 Å². The van der Waals surface area contributed by atoms with E-state index < -0.39 is 0 Å². The number of nitrogens with zero attached hydrogens (tertiary/aromatic N) is 1. The summed E-state index contributed by atoms with van der Waals surface area (Å²) in [4.78, 5) is 25.5. The molecule has 2 amide bonds. The van der Waals surface area contributed by atoms with Crippen LogP contribution in [0, 0.1) is 13.8 Å². The second-order valence-corrected chi connectivity index (χ2v) is 5.53. The van der Waals surface area contributed by atoms with Gasteiger partial charge in [-0.15, -0.1) is 0 Å². The van der Waals surface area contributed by atoms with Crippen LogP contribution in [0.3, 0.4) is 0 Å². The molecule has 0 aliphatic heterocycles. The topological polar surface area (TPSA) is 49.4 Å². The zero-order valence-electron chi connectivity index (χ0n) is 13.7. The van der Waals surface area contributed by atoms with Crippen LogP contribution < -0.4 is 5.32 Å². The van der Waals surface area contributed by atoms with E-state index in [9.17, 15) is 9.59 Å². The van der Waals surface area contributed by atoms with Crippen molar-refractivity contribution in [2.24, 2.45) is 0 Å². The first-order valence-corrected chi connectivity index (χ1v) is 7.50. The zero-order chi connectivity index (χ0) is 16.0. The number of anilines is 1. The minimum absolute atomic E-state index is 0.0178. The fraction of sp³-hybridized carbons (Fsp3) is 0.529. The van der Waals surface area contributed by atoms with Gasteiger partial charge in [0.05, 0.1) is 0 Å². The van der Waals surface area contributed by atoms with Gasteiger partial charge < -0.3 is 10.2 Å². The highest BCUT2D eigenvalue weighted by Gasteiger charge is 2.16. The van der Waals surface area contributed by atoms with Gasteiger partial charge in [-0.2, -0.15) is 0 Å². The highest BCUT2D eigenvalue weighted by atomic mass is 16.2. The number of para-hydroxylation sites is 1. The van der Waals surface area contributed by atoms with Gasteiger partial charge in [-0.1, -0.05) is 25.1 Å². The Bertz CT molecular complexity index is 491. The van der Waals surface area contributed by atoms with Crippen molar-refractivity contribution in [2.45, 2.75) is 53.5 Å². The lowest BCUT2D eigenvalue weighted by Crippen LogP contribution is -2.38. The van der Waals surface area contributed by atoms with E-state index in [1.807, 2.05) is 45.9 Å². The van der Waals surface area contributed by atoms with Crippen LogP contribution in [0.1, 0.15) is 44.7 Å². The number of nitrogens with one attached hydrogen (secondary N) is 1. The first-order chi connectivity index (χ1) is 9.86. The van der Waals surface area contributed by atoms with Crippen molar-refractivity contribution >= 4 is 17.5 Å². The lowest BCUT2D eigenvalue weighted by Gasteiger charge is -2.27. The van der Waals surface area contributed by atoms with Crippen LogP contribution in [0.5, 0.6) is 0 Å². The minimum atomic E-state index is -0.0537. The van der Waals surface area contributed by atoms with Crippen LogP contribution in [0.15, 0.2) is 18.2 Å². The van der Waals surface area contributed by atoms with Crippen molar-refractivity contribution in [3.05, 3.63) is 29.3 Å². The smallest absolute Gasteiger partial charge is 0.226 e. The Hall–Kier alpha value is -1.84. The lowest BCUT2D eigenvalue weighted by molar-refractivity contribution is -0.131. The largest absolute Gasteiger partial charge is 0.340 e. The first kappa shape index (κ1) is 17.2. The summed E-state index contributed by atoms with van der Waals surface area (Å²) >= 11 is 0. The van der Waals surface area contributed by atoms with E-state index in [2.05, 4.69) is 5.32 Å². The van der Waals surface area contributed by atoms with Gasteiger partial charge in [0, 0.05) is 31.6 Å². The summed E-state index contributed by atoms with van der Waals surface area (Å²) in [5, 5.41) is 2.95. The maximum Gasteiger partial charge on any atom is 0.226 e. The number of carbonyl (C=O) groups is 2. The van der Waals surface area contributed by atoms with Crippen molar-refractivity contribution in [3.8, 4) is 0 Å². The van der Waals surface area contributed by atoms with Crippen molar-refractivity contribution in [1.29, 1.82) is 0 Å². The molecule has 1 N–H and O–H groups in total. The third-order valence-electron chi connectivity index (χ3n) is 3.85. The molecule has 0 aliphatic rings. The third kappa shape index (κ3) is 4.88. The molecule has 1 atom stereocenters. The second-order valence-electron chi connectivity index (χ2n) is 5.53. The Morgan fingerprint density at radius 3 is 2.29 bits per heavy atom. The number of benzene rings is 1. The predicted molar refractivity (Wildman–Crippen MR) is 86.3 cm³/mol. The summed E-state index contributed by atoms with van der Waals surface area (Å²) in [7, 11) is 0. The maximum absolute atomic E-state index is 12.1. The summed E-state index contributed by atoms with van der Waals surface area (Å²) in [6.07, 6.45) is 1.20. The average Bonchev–Trinajstić information content (AvgIpc) is 2.42. The highest BCUT2D eigenvalue weighted by Crippen LogP contribution is 2.19. The molecule has 1 aromatic rings. The Labute approximate surface area is 127 Å². The number of rotatable bonds is 6. The summed E-state index contributed by atoms with van der Waals surface area (Å²) in [5.41, 5.74) is 2.97. The number of carbonyl (C=O) groups excluding carboxylic acids is 2. The first-order valence-electron chi connectivity index (χ1n) is 7.50. The molecular formula is C17H26N2O2. The molecule has 116 valence electrons. The molecule has 0 spiro atoms. The van der Waals surface area contributed by atoms with Gasteiger partial charge in [-0.05, 0) is 38.3 Å². The second kappa shape index (κ2) is 7.81. The van der Waals surface area contributed by atoms with Gasteiger partial charge in [0.15, 0.2) is 0 Å². The number of hydrogen-bond donors (Lipinski definition) is 1. The molecule has 1 aromatic carbocycles. The number of hydrogen-bond acceptors (Lipinski definition) is 2. The fourth-order valence-electron chi connectivity index (χ4n) is 2.34. The van der Waals surface area contributed by atoms with Crippen LogP contribution in [0.4, 0.5) is 5.69 Å². The lowest BCUT2D eigenvalue weighted by atomic mass is 10.1. The zero-order valence-corrected chi connectivity index (χ0v) is 13.7. The summed E-state index contributed by atoms with van der Waals surface area (Å²) < 4.78 is 0. The van der Waals surface area contributed by atoms with Gasteiger partial charge in [-0.25, -0.2) is 0 Å². The standard InChI is InChI=1S/C17H26N2O2/c1-6-14(4)19(15(5)20)11-10-16(21)18-17-12(2)8-7-9-13(17)3/h7-9,14H,6,10-11H2,1-5H3,(H,18,21). The molecule has 0 bridgehead atoms. The molecule has 0 saturated heterocycles. The molecular weight excluding hydrogens is 264 g/mol. The van der Waals surface area contributed by atoms with E-state index in [-0.39, 0.29) is 17.9 Å². The molecule has 0 aliphatic carbocycles. The van der Waals surface area contributed by atoms with Crippen LogP contribution in [0.25, 0.3) is 0 Å². The van der Waals surface area contributed by atoms with Crippen molar-refractivity contribution in [2.75, 3.05) is 11.9 Å². The molecule has 0 fully saturated rings.